The van der Waals surface area contributed by atoms with Gasteiger partial charge in [0, 0.05) is 0 Å². The minimum Gasteiger partial charge on any atom is -0.452 e. The summed E-state index contributed by atoms with van der Waals surface area (Å²) in [4.78, 5) is 4.22. The van der Waals surface area contributed by atoms with Gasteiger partial charge in [0.05, 0.1) is 6.61 Å². The SMILES string of the molecule is NC1=N[C@@H](c2ccc(Br)o2)COC1. The highest BCUT2D eigenvalue weighted by atomic mass is 79.9. The summed E-state index contributed by atoms with van der Waals surface area (Å²) in [6.07, 6.45) is 0. The molecule has 0 radical (unpaired) electrons. The number of hydrogen-bond donors (Lipinski definition) is 1. The molecule has 0 fully saturated rings. The first-order valence-electron chi connectivity index (χ1n) is 3.91. The summed E-state index contributed by atoms with van der Waals surface area (Å²) in [5.41, 5.74) is 5.54. The Morgan fingerprint density at radius 1 is 1.54 bits per heavy atom. The van der Waals surface area contributed by atoms with Crippen molar-refractivity contribution in [1.29, 1.82) is 0 Å². The maximum absolute atomic E-state index is 5.54. The number of hydrogen-bond acceptors (Lipinski definition) is 4. The number of amidine groups is 1. The predicted molar refractivity (Wildman–Crippen MR) is 51.6 cm³/mol. The predicted octanol–water partition coefficient (Wildman–Crippen LogP) is 1.47. The number of aliphatic imine (C=N–C) groups is 1. The number of halogens is 1. The summed E-state index contributed by atoms with van der Waals surface area (Å²) >= 11 is 3.23. The largest absolute Gasteiger partial charge is 0.452 e. The van der Waals surface area contributed by atoms with Gasteiger partial charge in [-0.1, -0.05) is 0 Å². The van der Waals surface area contributed by atoms with E-state index < -0.39 is 0 Å². The number of nitrogens with two attached hydrogens (primary N) is 1. The van der Waals surface area contributed by atoms with Crippen molar-refractivity contribution in [3.63, 3.8) is 0 Å². The van der Waals surface area contributed by atoms with Crippen LogP contribution in [0.4, 0.5) is 0 Å². The molecule has 0 amide bonds. The van der Waals surface area contributed by atoms with E-state index in [4.69, 9.17) is 14.9 Å². The van der Waals surface area contributed by atoms with Crippen LogP contribution in [-0.4, -0.2) is 19.0 Å². The maximum atomic E-state index is 5.54. The molecule has 2 heterocycles. The molecule has 0 saturated heterocycles. The van der Waals surface area contributed by atoms with E-state index >= 15 is 0 Å². The second kappa shape index (κ2) is 3.51. The number of nitrogens with zero attached hydrogens (tertiary/aromatic N) is 1. The van der Waals surface area contributed by atoms with Crippen molar-refractivity contribution < 1.29 is 9.15 Å². The van der Waals surface area contributed by atoms with E-state index in [0.29, 0.717) is 23.7 Å². The van der Waals surface area contributed by atoms with Gasteiger partial charge in [0.25, 0.3) is 0 Å². The molecule has 2 N–H and O–H groups in total. The number of ether oxygens (including phenoxy) is 1. The fourth-order valence-electron chi connectivity index (χ4n) is 1.20. The van der Waals surface area contributed by atoms with Crippen molar-refractivity contribution in [3.05, 3.63) is 22.6 Å². The highest BCUT2D eigenvalue weighted by Crippen LogP contribution is 2.24. The second-order valence-electron chi connectivity index (χ2n) is 2.79. The van der Waals surface area contributed by atoms with Crippen molar-refractivity contribution in [2.45, 2.75) is 6.04 Å². The standard InChI is InChI=1S/C8H9BrN2O2/c9-7-2-1-6(13-7)5-3-12-4-8(10)11-5/h1-2,5H,3-4H2,(H2,10,11)/t5-/m1/s1. The maximum Gasteiger partial charge on any atom is 0.169 e. The summed E-state index contributed by atoms with van der Waals surface area (Å²) in [5, 5.41) is 0. The third-order valence-electron chi connectivity index (χ3n) is 1.77. The van der Waals surface area contributed by atoms with Crippen LogP contribution in [0.1, 0.15) is 11.8 Å². The van der Waals surface area contributed by atoms with E-state index in [1.54, 1.807) is 0 Å². The number of rotatable bonds is 1. The van der Waals surface area contributed by atoms with Crippen molar-refractivity contribution in [1.82, 2.24) is 0 Å². The van der Waals surface area contributed by atoms with E-state index in [1.807, 2.05) is 12.1 Å². The zero-order valence-corrected chi connectivity index (χ0v) is 8.45. The Labute approximate surface area is 83.9 Å². The van der Waals surface area contributed by atoms with Crippen LogP contribution in [0.25, 0.3) is 0 Å². The minimum atomic E-state index is -0.0972. The van der Waals surface area contributed by atoms with Crippen molar-refractivity contribution in [2.75, 3.05) is 13.2 Å². The third kappa shape index (κ3) is 1.92. The van der Waals surface area contributed by atoms with Gasteiger partial charge in [0.1, 0.15) is 24.2 Å². The summed E-state index contributed by atoms with van der Waals surface area (Å²) in [7, 11) is 0. The van der Waals surface area contributed by atoms with Gasteiger partial charge in [-0.25, -0.2) is 0 Å². The van der Waals surface area contributed by atoms with E-state index in [9.17, 15) is 0 Å². The Bertz CT molecular complexity index is 335. The van der Waals surface area contributed by atoms with Gasteiger partial charge in [-0.3, -0.25) is 4.99 Å². The van der Waals surface area contributed by atoms with Gasteiger partial charge < -0.3 is 14.9 Å². The highest BCUT2D eigenvalue weighted by Gasteiger charge is 2.18. The highest BCUT2D eigenvalue weighted by molar-refractivity contribution is 9.10. The first kappa shape index (κ1) is 8.77. The van der Waals surface area contributed by atoms with E-state index in [0.717, 1.165) is 5.76 Å². The van der Waals surface area contributed by atoms with Crippen molar-refractivity contribution in [2.24, 2.45) is 10.7 Å². The number of furan rings is 1. The normalized spacial score (nSPS) is 22.8. The molecular weight excluding hydrogens is 236 g/mol. The molecule has 1 aliphatic heterocycles. The molecule has 70 valence electrons. The van der Waals surface area contributed by atoms with E-state index in [-0.39, 0.29) is 6.04 Å². The van der Waals surface area contributed by atoms with Gasteiger partial charge in [0.15, 0.2) is 4.67 Å². The van der Waals surface area contributed by atoms with Crippen LogP contribution in [0.15, 0.2) is 26.2 Å². The Morgan fingerprint density at radius 3 is 3.00 bits per heavy atom. The lowest BCUT2D eigenvalue weighted by molar-refractivity contribution is 0.136. The van der Waals surface area contributed by atoms with Crippen LogP contribution in [0.5, 0.6) is 0 Å². The molecule has 0 saturated carbocycles. The van der Waals surface area contributed by atoms with Crippen LogP contribution in [0.3, 0.4) is 0 Å². The molecule has 0 unspecified atom stereocenters. The first-order valence-corrected chi connectivity index (χ1v) is 4.70. The van der Waals surface area contributed by atoms with E-state index in [1.165, 1.54) is 0 Å². The van der Waals surface area contributed by atoms with Gasteiger partial charge >= 0.3 is 0 Å². The van der Waals surface area contributed by atoms with Crippen LogP contribution in [-0.2, 0) is 4.74 Å². The topological polar surface area (TPSA) is 60.8 Å². The first-order chi connectivity index (χ1) is 6.25. The molecule has 1 aromatic heterocycles. The minimum absolute atomic E-state index is 0.0972. The smallest absolute Gasteiger partial charge is 0.169 e. The molecule has 0 bridgehead atoms. The Balaban J connectivity index is 2.21. The lowest BCUT2D eigenvalue weighted by Gasteiger charge is -2.16. The van der Waals surface area contributed by atoms with Gasteiger partial charge in [-0.2, -0.15) is 0 Å². The average Bonchev–Trinajstić information content (AvgIpc) is 2.52. The third-order valence-corrected chi connectivity index (χ3v) is 2.20. The summed E-state index contributed by atoms with van der Waals surface area (Å²) in [6, 6.07) is 3.59. The lowest BCUT2D eigenvalue weighted by Crippen LogP contribution is -2.27. The van der Waals surface area contributed by atoms with E-state index in [2.05, 4.69) is 20.9 Å². The van der Waals surface area contributed by atoms with Crippen molar-refractivity contribution >= 4 is 21.8 Å². The molecule has 1 atom stereocenters. The van der Waals surface area contributed by atoms with Crippen LogP contribution in [0.2, 0.25) is 0 Å². The zero-order valence-electron chi connectivity index (χ0n) is 6.87. The Hall–Kier alpha value is -0.810. The zero-order chi connectivity index (χ0) is 9.26. The molecule has 0 aliphatic carbocycles. The quantitative estimate of drug-likeness (QED) is 0.814. The lowest BCUT2D eigenvalue weighted by atomic mass is 10.2. The molecule has 1 aromatic rings. The van der Waals surface area contributed by atoms with Crippen LogP contribution >= 0.6 is 15.9 Å². The second-order valence-corrected chi connectivity index (χ2v) is 3.57. The summed E-state index contributed by atoms with van der Waals surface area (Å²) < 4.78 is 11.3. The Kier molecular flexibility index (Phi) is 2.37. The van der Waals surface area contributed by atoms with Gasteiger partial charge in [0.2, 0.25) is 0 Å². The molecule has 1 aliphatic rings. The molecule has 0 aromatic carbocycles. The molecule has 13 heavy (non-hydrogen) atoms. The van der Waals surface area contributed by atoms with Gasteiger partial charge in [-0.05, 0) is 28.1 Å². The van der Waals surface area contributed by atoms with Gasteiger partial charge in [-0.15, -0.1) is 0 Å². The Morgan fingerprint density at radius 2 is 2.38 bits per heavy atom. The monoisotopic (exact) mass is 244 g/mol. The molecular formula is C8H9BrN2O2. The van der Waals surface area contributed by atoms with Crippen LogP contribution < -0.4 is 5.73 Å². The van der Waals surface area contributed by atoms with Crippen molar-refractivity contribution in [3.8, 4) is 0 Å². The summed E-state index contributed by atoms with van der Waals surface area (Å²) in [5.74, 6) is 1.29. The fraction of sp³-hybridized carbons (Fsp3) is 0.375. The average molecular weight is 245 g/mol. The van der Waals surface area contributed by atoms with Crippen LogP contribution in [0, 0.1) is 0 Å². The summed E-state index contributed by atoms with van der Waals surface area (Å²) in [6.45, 7) is 0.943. The molecule has 0 spiro atoms. The molecule has 5 heteroatoms. The molecule has 2 rings (SSSR count). The molecule has 4 nitrogen and oxygen atoms in total. The fourth-order valence-corrected chi connectivity index (χ4v) is 1.52.